The molecule has 0 amide bonds. The van der Waals surface area contributed by atoms with Crippen molar-refractivity contribution in [1.29, 1.82) is 0 Å². The number of hydrogen-bond acceptors (Lipinski definition) is 4. The molecule has 0 saturated carbocycles. The topological polar surface area (TPSA) is 34.3 Å². The van der Waals surface area contributed by atoms with Crippen LogP contribution in [-0.4, -0.2) is 23.4 Å². The van der Waals surface area contributed by atoms with Gasteiger partial charge in [-0.15, -0.1) is 11.7 Å². The molecular weight excluding hydrogens is 288 g/mol. The Morgan fingerprint density at radius 2 is 2.20 bits per heavy atom. The molecule has 1 atom stereocenters. The summed E-state index contributed by atoms with van der Waals surface area (Å²) in [4.78, 5) is 1.34. The molecule has 2 N–H and O–H groups in total. The van der Waals surface area contributed by atoms with Crippen LogP contribution in [0.3, 0.4) is 0 Å². The molecule has 0 spiro atoms. The minimum absolute atomic E-state index is 0.703. The number of anilines is 1. The Balaban J connectivity index is 1.97. The quantitative estimate of drug-likeness (QED) is 0.606. The maximum atomic E-state index is 5.35. The van der Waals surface area contributed by atoms with Gasteiger partial charge >= 0.3 is 0 Å². The van der Waals surface area contributed by atoms with Crippen LogP contribution in [0.2, 0.25) is 0 Å². The van der Waals surface area contributed by atoms with Crippen LogP contribution in [0, 0.1) is 3.95 Å². The Labute approximate surface area is 128 Å². The van der Waals surface area contributed by atoms with Gasteiger partial charge in [-0.1, -0.05) is 47.7 Å². The predicted molar refractivity (Wildman–Crippen MR) is 86.7 cm³/mol. The molecule has 0 aliphatic carbocycles. The lowest BCUT2D eigenvalue weighted by Gasteiger charge is -2.13. The average Bonchev–Trinajstić information content (AvgIpc) is 2.78. The van der Waals surface area contributed by atoms with Gasteiger partial charge < -0.3 is 10.2 Å². The first-order valence-corrected chi connectivity index (χ1v) is 7.69. The minimum atomic E-state index is 0.703. The number of hydrogen-bond donors (Lipinski definition) is 2. The molecule has 6 heteroatoms. The van der Waals surface area contributed by atoms with Crippen LogP contribution >= 0.6 is 23.6 Å². The van der Waals surface area contributed by atoms with Gasteiger partial charge in [-0.2, -0.15) is 4.68 Å². The van der Waals surface area contributed by atoms with Gasteiger partial charge in [0.2, 0.25) is 5.13 Å². The maximum absolute atomic E-state index is 5.35. The Bertz CT molecular complexity index is 603. The average molecular weight is 307 g/mol. The molecule has 2 rings (SSSR count). The normalized spacial score (nSPS) is 12.1. The first-order valence-electron chi connectivity index (χ1n) is 6.47. The lowest BCUT2D eigenvalue weighted by atomic mass is 10.2. The van der Waals surface area contributed by atoms with Crippen molar-refractivity contribution in [3.8, 4) is 0 Å². The van der Waals surface area contributed by atoms with Crippen LogP contribution in [0.4, 0.5) is 5.13 Å². The van der Waals surface area contributed by atoms with Gasteiger partial charge in [-0.3, -0.25) is 0 Å². The summed E-state index contributed by atoms with van der Waals surface area (Å²) in [5, 5.41) is 8.50. The van der Waals surface area contributed by atoms with Crippen molar-refractivity contribution in [1.82, 2.24) is 9.78 Å². The monoisotopic (exact) mass is 307 g/mol. The highest BCUT2D eigenvalue weighted by Crippen LogP contribution is 2.13. The maximum Gasteiger partial charge on any atom is 0.205 e. The Morgan fingerprint density at radius 1 is 1.45 bits per heavy atom. The number of rotatable bonds is 7. The molecule has 4 nitrogen and oxygen atoms in total. The van der Waals surface area contributed by atoms with Crippen LogP contribution in [0.5, 0.6) is 0 Å². The van der Waals surface area contributed by atoms with Gasteiger partial charge in [-0.25, -0.2) is 0 Å². The lowest BCUT2D eigenvalue weighted by molar-refractivity contribution is -0.917. The van der Waals surface area contributed by atoms with Crippen molar-refractivity contribution in [2.24, 2.45) is 0 Å². The van der Waals surface area contributed by atoms with Crippen molar-refractivity contribution >= 4 is 28.7 Å². The van der Waals surface area contributed by atoms with Gasteiger partial charge in [0.15, 0.2) is 10.6 Å². The summed E-state index contributed by atoms with van der Waals surface area (Å²) in [5.41, 5.74) is 1.32. The van der Waals surface area contributed by atoms with E-state index in [1.807, 2.05) is 16.8 Å². The SMILES string of the molecule is C=CCNc1nn(C[NH+](C)Cc2ccccc2)c(=S)s1. The van der Waals surface area contributed by atoms with E-state index in [0.717, 1.165) is 22.3 Å². The number of aromatic nitrogens is 2. The van der Waals surface area contributed by atoms with Gasteiger partial charge in [-0.05, 0) is 12.2 Å². The zero-order chi connectivity index (χ0) is 14.4. The highest BCUT2D eigenvalue weighted by atomic mass is 32.1. The van der Waals surface area contributed by atoms with Crippen LogP contribution in [0.1, 0.15) is 5.56 Å². The standard InChI is InChI=1S/C14H18N4S2/c1-3-9-15-13-16-18(14(19)20-13)11-17(2)10-12-7-5-4-6-8-12/h3-8H,1,9-11H2,2H3,(H,15,16)/p+1. The molecular formula is C14H19N4S2+. The summed E-state index contributed by atoms with van der Waals surface area (Å²) >= 11 is 6.84. The summed E-state index contributed by atoms with van der Waals surface area (Å²) < 4.78 is 2.67. The van der Waals surface area contributed by atoms with Crippen molar-refractivity contribution in [3.05, 3.63) is 52.5 Å². The number of benzene rings is 1. The van der Waals surface area contributed by atoms with E-state index in [9.17, 15) is 0 Å². The van der Waals surface area contributed by atoms with E-state index in [0.29, 0.717) is 6.54 Å². The second-order valence-corrected chi connectivity index (χ2v) is 6.24. The van der Waals surface area contributed by atoms with E-state index < -0.39 is 0 Å². The molecule has 0 saturated heterocycles. The van der Waals surface area contributed by atoms with Crippen LogP contribution < -0.4 is 10.2 Å². The molecule has 0 bridgehead atoms. The second-order valence-electron chi connectivity index (χ2n) is 4.62. The molecule has 0 aliphatic rings. The first-order chi connectivity index (χ1) is 9.69. The third-order valence-corrected chi connectivity index (χ3v) is 4.04. The zero-order valence-corrected chi connectivity index (χ0v) is 13.1. The number of nitrogens with one attached hydrogen (secondary N) is 2. The van der Waals surface area contributed by atoms with Crippen molar-refractivity contribution in [2.75, 3.05) is 18.9 Å². The minimum Gasteiger partial charge on any atom is -0.357 e. The van der Waals surface area contributed by atoms with Crippen LogP contribution in [0.25, 0.3) is 0 Å². The predicted octanol–water partition coefficient (Wildman–Crippen LogP) is 1.94. The molecule has 1 aromatic heterocycles. The third-order valence-electron chi connectivity index (χ3n) is 2.77. The van der Waals surface area contributed by atoms with Gasteiger partial charge in [0, 0.05) is 12.1 Å². The second kappa shape index (κ2) is 7.33. The van der Waals surface area contributed by atoms with E-state index in [1.54, 1.807) is 0 Å². The molecule has 1 aromatic carbocycles. The summed E-state index contributed by atoms with van der Waals surface area (Å²) in [6, 6.07) is 10.4. The fraction of sp³-hybridized carbons (Fsp3) is 0.286. The van der Waals surface area contributed by atoms with Crippen LogP contribution in [0.15, 0.2) is 43.0 Å². The van der Waals surface area contributed by atoms with Crippen molar-refractivity contribution < 1.29 is 4.90 Å². The summed E-state index contributed by atoms with van der Waals surface area (Å²) in [6.07, 6.45) is 1.81. The highest BCUT2D eigenvalue weighted by molar-refractivity contribution is 7.73. The number of nitrogens with zero attached hydrogens (tertiary/aromatic N) is 2. The molecule has 1 heterocycles. The molecule has 2 aromatic rings. The fourth-order valence-electron chi connectivity index (χ4n) is 1.89. The summed E-state index contributed by atoms with van der Waals surface area (Å²) in [5.74, 6) is 0. The number of quaternary nitrogens is 1. The Morgan fingerprint density at radius 3 is 2.90 bits per heavy atom. The zero-order valence-electron chi connectivity index (χ0n) is 11.5. The van der Waals surface area contributed by atoms with E-state index in [2.05, 4.69) is 48.3 Å². The van der Waals surface area contributed by atoms with Crippen LogP contribution in [-0.2, 0) is 13.2 Å². The summed E-state index contributed by atoms with van der Waals surface area (Å²) in [7, 11) is 2.14. The van der Waals surface area contributed by atoms with E-state index in [4.69, 9.17) is 12.2 Å². The molecule has 0 radical (unpaired) electrons. The Hall–Kier alpha value is -1.50. The van der Waals surface area contributed by atoms with E-state index in [-0.39, 0.29) is 0 Å². The molecule has 0 aliphatic heterocycles. The summed E-state index contributed by atoms with van der Waals surface area (Å²) in [6.45, 7) is 6.10. The molecule has 1 unspecified atom stereocenters. The van der Waals surface area contributed by atoms with E-state index in [1.165, 1.54) is 21.8 Å². The molecule has 0 fully saturated rings. The van der Waals surface area contributed by atoms with Gasteiger partial charge in [0.1, 0.15) is 6.54 Å². The van der Waals surface area contributed by atoms with Crippen molar-refractivity contribution in [3.63, 3.8) is 0 Å². The first kappa shape index (κ1) is 14.9. The van der Waals surface area contributed by atoms with Gasteiger partial charge in [0.05, 0.1) is 7.05 Å². The third kappa shape index (κ3) is 4.26. The van der Waals surface area contributed by atoms with E-state index >= 15 is 0 Å². The smallest absolute Gasteiger partial charge is 0.205 e. The van der Waals surface area contributed by atoms with Gasteiger partial charge in [0.25, 0.3) is 0 Å². The fourth-order valence-corrected chi connectivity index (χ4v) is 2.91. The Kier molecular flexibility index (Phi) is 5.46. The largest absolute Gasteiger partial charge is 0.357 e. The molecule has 20 heavy (non-hydrogen) atoms. The molecule has 106 valence electrons. The lowest BCUT2D eigenvalue weighted by Crippen LogP contribution is -3.07. The highest BCUT2D eigenvalue weighted by Gasteiger charge is 2.08. The van der Waals surface area contributed by atoms with Crippen molar-refractivity contribution in [2.45, 2.75) is 13.2 Å².